The number of aryl methyl sites for hydroxylation is 1. The summed E-state index contributed by atoms with van der Waals surface area (Å²) in [6, 6.07) is 16.9. The van der Waals surface area contributed by atoms with Gasteiger partial charge in [0.1, 0.15) is 6.61 Å². The smallest absolute Gasteiger partial charge is 0.231 e. The first-order valence-corrected chi connectivity index (χ1v) is 10.5. The Balaban J connectivity index is 1.39. The van der Waals surface area contributed by atoms with Crippen molar-refractivity contribution in [3.05, 3.63) is 65.7 Å². The van der Waals surface area contributed by atoms with E-state index in [0.29, 0.717) is 41.8 Å². The van der Waals surface area contributed by atoms with E-state index in [0.717, 1.165) is 16.7 Å². The van der Waals surface area contributed by atoms with Crippen LogP contribution in [0.25, 0.3) is 17.0 Å². The van der Waals surface area contributed by atoms with E-state index in [9.17, 15) is 4.79 Å². The summed E-state index contributed by atoms with van der Waals surface area (Å²) in [4.78, 5) is 12.2. The van der Waals surface area contributed by atoms with E-state index in [1.165, 1.54) is 0 Å². The number of hydrogen-bond donors (Lipinski definition) is 1. The predicted molar refractivity (Wildman–Crippen MR) is 123 cm³/mol. The van der Waals surface area contributed by atoms with Crippen molar-refractivity contribution in [2.24, 2.45) is 0 Å². The maximum Gasteiger partial charge on any atom is 0.231 e. The van der Waals surface area contributed by atoms with Crippen LogP contribution in [0, 0.1) is 6.92 Å². The van der Waals surface area contributed by atoms with Crippen LogP contribution in [0.4, 0.5) is 0 Å². The van der Waals surface area contributed by atoms with Gasteiger partial charge in [0.05, 0.1) is 27.2 Å². The number of ether oxygens (including phenoxy) is 3. The highest BCUT2D eigenvalue weighted by Crippen LogP contribution is 2.31. The minimum absolute atomic E-state index is 0.0536. The number of benzene rings is 2. The van der Waals surface area contributed by atoms with Crippen molar-refractivity contribution in [1.82, 2.24) is 25.1 Å². The molecule has 0 bridgehead atoms. The molecule has 2 aromatic carbocycles. The van der Waals surface area contributed by atoms with E-state index >= 15 is 0 Å². The molecule has 9 nitrogen and oxygen atoms in total. The highest BCUT2D eigenvalue weighted by molar-refractivity contribution is 5.78. The molecule has 170 valence electrons. The van der Waals surface area contributed by atoms with Gasteiger partial charge in [0, 0.05) is 11.6 Å². The predicted octanol–water partition coefficient (Wildman–Crippen LogP) is 2.85. The first-order chi connectivity index (χ1) is 16.1. The molecule has 0 aliphatic heterocycles. The van der Waals surface area contributed by atoms with Gasteiger partial charge in [-0.2, -0.15) is 4.52 Å². The molecular weight excluding hydrogens is 422 g/mol. The van der Waals surface area contributed by atoms with Crippen molar-refractivity contribution in [3.63, 3.8) is 0 Å². The SMILES string of the molecule is COc1ccc(-c2nnc3ccc(OCCNC(=O)Cc4cccc(C)c4)nn23)cc1OC. The summed E-state index contributed by atoms with van der Waals surface area (Å²) in [6.45, 7) is 2.66. The van der Waals surface area contributed by atoms with Crippen LogP contribution >= 0.6 is 0 Å². The molecule has 0 saturated carbocycles. The Bertz CT molecular complexity index is 1270. The first kappa shape index (κ1) is 22.1. The lowest BCUT2D eigenvalue weighted by Crippen LogP contribution is -2.29. The van der Waals surface area contributed by atoms with Gasteiger partial charge in [-0.15, -0.1) is 15.3 Å². The lowest BCUT2D eigenvalue weighted by atomic mass is 10.1. The van der Waals surface area contributed by atoms with Gasteiger partial charge in [-0.3, -0.25) is 4.79 Å². The second kappa shape index (κ2) is 9.99. The maximum absolute atomic E-state index is 12.2. The molecule has 0 spiro atoms. The van der Waals surface area contributed by atoms with Gasteiger partial charge in [0.25, 0.3) is 0 Å². The Kier molecular flexibility index (Phi) is 6.68. The number of fused-ring (bicyclic) bond motifs is 1. The van der Waals surface area contributed by atoms with Crippen molar-refractivity contribution in [2.45, 2.75) is 13.3 Å². The Morgan fingerprint density at radius 3 is 2.64 bits per heavy atom. The van der Waals surface area contributed by atoms with Gasteiger partial charge >= 0.3 is 0 Å². The maximum atomic E-state index is 12.2. The molecule has 2 aromatic heterocycles. The third-order valence-electron chi connectivity index (χ3n) is 5.00. The van der Waals surface area contributed by atoms with Crippen molar-refractivity contribution in [3.8, 4) is 28.8 Å². The van der Waals surface area contributed by atoms with E-state index in [1.807, 2.05) is 43.3 Å². The highest BCUT2D eigenvalue weighted by atomic mass is 16.5. The molecule has 0 aliphatic carbocycles. The molecule has 1 N–H and O–H groups in total. The van der Waals surface area contributed by atoms with Crippen LogP contribution in [0.2, 0.25) is 0 Å². The molecule has 9 heteroatoms. The van der Waals surface area contributed by atoms with Gasteiger partial charge in [0.15, 0.2) is 23.0 Å². The summed E-state index contributed by atoms with van der Waals surface area (Å²) in [5, 5.41) is 15.8. The normalized spacial score (nSPS) is 10.8. The minimum atomic E-state index is -0.0536. The summed E-state index contributed by atoms with van der Waals surface area (Å²) in [5.74, 6) is 2.10. The van der Waals surface area contributed by atoms with Crippen LogP contribution in [0.15, 0.2) is 54.6 Å². The van der Waals surface area contributed by atoms with Gasteiger partial charge < -0.3 is 19.5 Å². The number of methoxy groups -OCH3 is 2. The van der Waals surface area contributed by atoms with E-state index in [2.05, 4.69) is 20.6 Å². The molecule has 33 heavy (non-hydrogen) atoms. The molecular formula is C24H25N5O4. The molecule has 1 amide bonds. The zero-order valence-electron chi connectivity index (χ0n) is 18.7. The molecule has 0 fully saturated rings. The summed E-state index contributed by atoms with van der Waals surface area (Å²) in [5.41, 5.74) is 3.47. The van der Waals surface area contributed by atoms with Crippen LogP contribution in [-0.2, 0) is 11.2 Å². The zero-order valence-corrected chi connectivity index (χ0v) is 18.7. The van der Waals surface area contributed by atoms with Crippen LogP contribution in [0.3, 0.4) is 0 Å². The third kappa shape index (κ3) is 5.20. The number of nitrogens with zero attached hydrogens (tertiary/aromatic N) is 4. The van der Waals surface area contributed by atoms with E-state index in [-0.39, 0.29) is 12.5 Å². The Labute approximate surface area is 191 Å². The third-order valence-corrected chi connectivity index (χ3v) is 5.00. The van der Waals surface area contributed by atoms with E-state index in [4.69, 9.17) is 14.2 Å². The van der Waals surface area contributed by atoms with E-state index in [1.54, 1.807) is 36.9 Å². The van der Waals surface area contributed by atoms with Crippen molar-refractivity contribution in [1.29, 1.82) is 0 Å². The van der Waals surface area contributed by atoms with Crippen LogP contribution in [-0.4, -0.2) is 53.1 Å². The van der Waals surface area contributed by atoms with Gasteiger partial charge in [0.2, 0.25) is 11.8 Å². The molecule has 0 atom stereocenters. The standard InChI is InChI=1S/C24H25N5O4/c1-16-5-4-6-17(13-16)14-22(30)25-11-12-33-23-10-9-21-26-27-24(29(21)28-23)18-7-8-19(31-2)20(15-18)32-3/h4-10,13,15H,11-12,14H2,1-3H3,(H,25,30). The molecule has 0 radical (unpaired) electrons. The first-order valence-electron chi connectivity index (χ1n) is 10.5. The molecule has 2 heterocycles. The number of nitrogens with one attached hydrogen (secondary N) is 1. The number of hydrogen-bond acceptors (Lipinski definition) is 7. The van der Waals surface area contributed by atoms with Crippen molar-refractivity contribution in [2.75, 3.05) is 27.4 Å². The summed E-state index contributed by atoms with van der Waals surface area (Å²) in [7, 11) is 3.16. The topological polar surface area (TPSA) is 99.9 Å². The second-order valence-electron chi connectivity index (χ2n) is 7.40. The fourth-order valence-electron chi connectivity index (χ4n) is 3.42. The Morgan fingerprint density at radius 2 is 1.85 bits per heavy atom. The summed E-state index contributed by atoms with van der Waals surface area (Å²) >= 11 is 0. The van der Waals surface area contributed by atoms with Gasteiger partial charge in [-0.25, -0.2) is 0 Å². The summed E-state index contributed by atoms with van der Waals surface area (Å²) < 4.78 is 18.0. The highest BCUT2D eigenvalue weighted by Gasteiger charge is 2.13. The van der Waals surface area contributed by atoms with E-state index < -0.39 is 0 Å². The fraction of sp³-hybridized carbons (Fsp3) is 0.250. The average Bonchev–Trinajstić information content (AvgIpc) is 3.24. The number of aromatic nitrogens is 4. The Morgan fingerprint density at radius 1 is 1.00 bits per heavy atom. The molecule has 0 saturated heterocycles. The number of carbonyl (C=O) groups excluding carboxylic acids is 1. The second-order valence-corrected chi connectivity index (χ2v) is 7.40. The minimum Gasteiger partial charge on any atom is -0.493 e. The molecule has 0 unspecified atom stereocenters. The van der Waals surface area contributed by atoms with Crippen LogP contribution in [0.1, 0.15) is 11.1 Å². The lowest BCUT2D eigenvalue weighted by molar-refractivity contribution is -0.120. The number of carbonyl (C=O) groups is 1. The lowest BCUT2D eigenvalue weighted by Gasteiger charge is -2.09. The van der Waals surface area contributed by atoms with Crippen molar-refractivity contribution >= 4 is 11.6 Å². The number of rotatable bonds is 9. The molecule has 0 aliphatic rings. The van der Waals surface area contributed by atoms with Crippen molar-refractivity contribution < 1.29 is 19.0 Å². The van der Waals surface area contributed by atoms with Gasteiger partial charge in [-0.1, -0.05) is 29.8 Å². The zero-order chi connectivity index (χ0) is 23.2. The molecule has 4 rings (SSSR count). The van der Waals surface area contributed by atoms with Crippen LogP contribution < -0.4 is 19.5 Å². The van der Waals surface area contributed by atoms with Gasteiger partial charge in [-0.05, 0) is 36.8 Å². The Hall–Kier alpha value is -4.14. The van der Waals surface area contributed by atoms with Crippen LogP contribution in [0.5, 0.6) is 17.4 Å². The number of amides is 1. The largest absolute Gasteiger partial charge is 0.493 e. The molecule has 4 aromatic rings. The quantitative estimate of drug-likeness (QED) is 0.394. The monoisotopic (exact) mass is 447 g/mol. The summed E-state index contributed by atoms with van der Waals surface area (Å²) in [6.07, 6.45) is 0.335. The fourth-order valence-corrected chi connectivity index (χ4v) is 3.42. The average molecular weight is 447 g/mol.